The van der Waals surface area contributed by atoms with Crippen molar-refractivity contribution in [2.24, 2.45) is 0 Å². The number of benzene rings is 2. The normalized spacial score (nSPS) is 10.2. The third-order valence-electron chi connectivity index (χ3n) is 2.91. The van der Waals surface area contributed by atoms with Gasteiger partial charge >= 0.3 is 0 Å². The highest BCUT2D eigenvalue weighted by Crippen LogP contribution is 2.30. The summed E-state index contributed by atoms with van der Waals surface area (Å²) < 4.78 is 6.55. The molecule has 2 rings (SSSR count). The Hall–Kier alpha value is -2.21. The Morgan fingerprint density at radius 2 is 1.81 bits per heavy atom. The van der Waals surface area contributed by atoms with E-state index in [0.29, 0.717) is 11.5 Å². The van der Waals surface area contributed by atoms with Crippen LogP contribution in [0.3, 0.4) is 0 Å². The second-order valence-electron chi connectivity index (χ2n) is 4.51. The molecule has 0 saturated heterocycles. The van der Waals surface area contributed by atoms with Crippen LogP contribution in [0.25, 0.3) is 0 Å². The Bertz CT molecular complexity index is 728. The van der Waals surface area contributed by atoms with Crippen molar-refractivity contribution in [3.8, 4) is 11.5 Å². The highest BCUT2D eigenvalue weighted by molar-refractivity contribution is 9.10. The largest absolute Gasteiger partial charge is 0.457 e. The number of ether oxygens (including phenoxy) is 1. The van der Waals surface area contributed by atoms with E-state index in [-0.39, 0.29) is 17.0 Å². The Balaban J connectivity index is 2.36. The van der Waals surface area contributed by atoms with E-state index >= 15 is 0 Å². The minimum atomic E-state index is -0.587. The van der Waals surface area contributed by atoms with Crippen molar-refractivity contribution in [1.82, 2.24) is 0 Å². The van der Waals surface area contributed by atoms with Crippen molar-refractivity contribution >= 4 is 27.4 Å². The molecule has 0 heterocycles. The number of rotatable bonds is 4. The number of Topliss-reactive ketones (excluding diaryl/α,β-unsaturated/α-hetero) is 1. The predicted molar refractivity (Wildman–Crippen MR) is 82.1 cm³/mol. The van der Waals surface area contributed by atoms with Gasteiger partial charge in [0.25, 0.3) is 5.69 Å². The van der Waals surface area contributed by atoms with Crippen LogP contribution in [0.15, 0.2) is 40.9 Å². The molecule has 0 radical (unpaired) electrons. The van der Waals surface area contributed by atoms with Crippen molar-refractivity contribution in [3.05, 3.63) is 62.1 Å². The Labute approximate surface area is 129 Å². The van der Waals surface area contributed by atoms with Gasteiger partial charge < -0.3 is 4.74 Å². The monoisotopic (exact) mass is 349 g/mol. The lowest BCUT2D eigenvalue weighted by atomic mass is 10.1. The van der Waals surface area contributed by atoms with Crippen LogP contribution in [0.5, 0.6) is 11.5 Å². The smallest absolute Gasteiger partial charge is 0.283 e. The second-order valence-corrected chi connectivity index (χ2v) is 5.36. The summed E-state index contributed by atoms with van der Waals surface area (Å²) in [6.45, 7) is 3.21. The van der Waals surface area contributed by atoms with E-state index in [1.807, 2.05) is 19.1 Å². The number of ketones is 1. The van der Waals surface area contributed by atoms with E-state index in [1.54, 1.807) is 12.1 Å². The summed E-state index contributed by atoms with van der Waals surface area (Å²) in [4.78, 5) is 21.8. The summed E-state index contributed by atoms with van der Waals surface area (Å²) in [5, 5.41) is 11.0. The Kier molecular flexibility index (Phi) is 4.37. The molecule has 21 heavy (non-hydrogen) atoms. The summed E-state index contributed by atoms with van der Waals surface area (Å²) >= 11 is 3.39. The minimum absolute atomic E-state index is 0.0688. The lowest BCUT2D eigenvalue weighted by Gasteiger charge is -2.08. The molecule has 0 aliphatic heterocycles. The van der Waals surface area contributed by atoms with E-state index in [4.69, 9.17) is 4.74 Å². The minimum Gasteiger partial charge on any atom is -0.457 e. The number of carbonyl (C=O) groups excluding carboxylic acids is 1. The highest BCUT2D eigenvalue weighted by atomic mass is 79.9. The zero-order valence-electron chi connectivity index (χ0n) is 11.4. The summed E-state index contributed by atoms with van der Waals surface area (Å²) in [6, 6.07) is 9.61. The zero-order valence-corrected chi connectivity index (χ0v) is 13.0. The van der Waals surface area contributed by atoms with Crippen molar-refractivity contribution in [1.29, 1.82) is 0 Å². The molecule has 0 aliphatic rings. The van der Waals surface area contributed by atoms with Gasteiger partial charge in [0.05, 0.1) is 16.6 Å². The number of nitro groups is 1. The van der Waals surface area contributed by atoms with E-state index in [0.717, 1.165) is 10.0 Å². The van der Waals surface area contributed by atoms with Gasteiger partial charge in [-0.25, -0.2) is 0 Å². The Morgan fingerprint density at radius 3 is 2.38 bits per heavy atom. The number of aryl methyl sites for hydroxylation is 1. The molecule has 0 N–H and O–H groups in total. The average molecular weight is 350 g/mol. The van der Waals surface area contributed by atoms with Gasteiger partial charge in [-0.15, -0.1) is 0 Å². The van der Waals surface area contributed by atoms with Crippen LogP contribution in [-0.2, 0) is 0 Å². The standard InChI is InChI=1S/C15H12BrNO4/c1-9-7-11(4-6-14(9)16)21-12-3-5-13(10(2)18)15(8-12)17(19)20/h3-8H,1-2H3. The van der Waals surface area contributed by atoms with Gasteiger partial charge in [0.1, 0.15) is 11.5 Å². The van der Waals surface area contributed by atoms with E-state index in [2.05, 4.69) is 15.9 Å². The van der Waals surface area contributed by atoms with Gasteiger partial charge in [-0.05, 0) is 49.7 Å². The average Bonchev–Trinajstić information content (AvgIpc) is 2.42. The summed E-state index contributed by atoms with van der Waals surface area (Å²) in [6.07, 6.45) is 0. The first-order valence-corrected chi connectivity index (χ1v) is 6.91. The molecule has 0 spiro atoms. The molecular formula is C15H12BrNO4. The van der Waals surface area contributed by atoms with Crippen LogP contribution in [0.4, 0.5) is 5.69 Å². The lowest BCUT2D eigenvalue weighted by molar-refractivity contribution is -0.385. The molecule has 2 aromatic rings. The van der Waals surface area contributed by atoms with Gasteiger partial charge in [-0.3, -0.25) is 14.9 Å². The van der Waals surface area contributed by atoms with Crippen LogP contribution >= 0.6 is 15.9 Å². The first-order valence-electron chi connectivity index (χ1n) is 6.12. The third-order valence-corrected chi connectivity index (χ3v) is 3.80. The van der Waals surface area contributed by atoms with E-state index in [9.17, 15) is 14.9 Å². The SMILES string of the molecule is CC(=O)c1ccc(Oc2ccc(Br)c(C)c2)cc1[N+](=O)[O-]. The quantitative estimate of drug-likeness (QED) is 0.457. The van der Waals surface area contributed by atoms with Gasteiger partial charge in [-0.2, -0.15) is 0 Å². The van der Waals surface area contributed by atoms with Crippen LogP contribution in [-0.4, -0.2) is 10.7 Å². The van der Waals surface area contributed by atoms with Gasteiger partial charge in [0.15, 0.2) is 5.78 Å². The molecule has 0 amide bonds. The molecule has 0 bridgehead atoms. The van der Waals surface area contributed by atoms with E-state index in [1.165, 1.54) is 19.1 Å². The van der Waals surface area contributed by atoms with Crippen LogP contribution in [0.2, 0.25) is 0 Å². The molecule has 0 aliphatic carbocycles. The number of carbonyl (C=O) groups is 1. The third kappa shape index (κ3) is 3.46. The Morgan fingerprint density at radius 1 is 1.19 bits per heavy atom. The summed E-state index contributed by atoms with van der Waals surface area (Å²) in [5.74, 6) is 0.529. The number of nitrogens with zero attached hydrogens (tertiary/aromatic N) is 1. The van der Waals surface area contributed by atoms with Crippen molar-refractivity contribution in [2.75, 3.05) is 0 Å². The molecule has 2 aromatic carbocycles. The zero-order chi connectivity index (χ0) is 15.6. The fourth-order valence-electron chi connectivity index (χ4n) is 1.84. The first kappa shape index (κ1) is 15.2. The summed E-state index contributed by atoms with van der Waals surface area (Å²) in [5.41, 5.74) is 0.801. The van der Waals surface area contributed by atoms with Gasteiger partial charge in [0, 0.05) is 4.47 Å². The fourth-order valence-corrected chi connectivity index (χ4v) is 2.09. The van der Waals surface area contributed by atoms with Gasteiger partial charge in [-0.1, -0.05) is 15.9 Å². The van der Waals surface area contributed by atoms with Crippen LogP contribution < -0.4 is 4.74 Å². The molecular weight excluding hydrogens is 338 g/mol. The van der Waals surface area contributed by atoms with Crippen molar-refractivity contribution < 1.29 is 14.5 Å². The second kappa shape index (κ2) is 6.05. The molecule has 6 heteroatoms. The lowest BCUT2D eigenvalue weighted by Crippen LogP contribution is -2.00. The van der Waals surface area contributed by atoms with E-state index < -0.39 is 4.92 Å². The predicted octanol–water partition coefficient (Wildman–Crippen LogP) is 4.66. The fraction of sp³-hybridized carbons (Fsp3) is 0.133. The number of halogens is 1. The van der Waals surface area contributed by atoms with Crippen molar-refractivity contribution in [2.45, 2.75) is 13.8 Å². The molecule has 0 aromatic heterocycles. The van der Waals surface area contributed by atoms with Crippen molar-refractivity contribution in [3.63, 3.8) is 0 Å². The van der Waals surface area contributed by atoms with Crippen LogP contribution in [0.1, 0.15) is 22.8 Å². The number of hydrogen-bond acceptors (Lipinski definition) is 4. The molecule has 0 saturated carbocycles. The number of nitro benzene ring substituents is 1. The molecule has 108 valence electrons. The number of hydrogen-bond donors (Lipinski definition) is 0. The molecule has 0 fully saturated rings. The highest BCUT2D eigenvalue weighted by Gasteiger charge is 2.18. The maximum absolute atomic E-state index is 11.4. The maximum Gasteiger partial charge on any atom is 0.283 e. The molecule has 5 nitrogen and oxygen atoms in total. The molecule has 0 unspecified atom stereocenters. The van der Waals surface area contributed by atoms with Gasteiger partial charge in [0.2, 0.25) is 0 Å². The maximum atomic E-state index is 11.4. The topological polar surface area (TPSA) is 69.4 Å². The van der Waals surface area contributed by atoms with Crippen LogP contribution in [0, 0.1) is 17.0 Å². The summed E-state index contributed by atoms with van der Waals surface area (Å²) in [7, 11) is 0. The molecule has 0 atom stereocenters. The first-order chi connectivity index (χ1) is 9.88.